The zero-order valence-corrected chi connectivity index (χ0v) is 16.9. The van der Waals surface area contributed by atoms with Gasteiger partial charge in [0.25, 0.3) is 0 Å². The molecule has 2 heterocycles. The molecule has 0 radical (unpaired) electrons. The molecular weight excluding hydrogens is 397 g/mol. The number of benzene rings is 1. The van der Waals surface area contributed by atoms with Crippen LogP contribution in [0.2, 0.25) is 5.15 Å². The predicted octanol–water partition coefficient (Wildman–Crippen LogP) is 4.54. The number of nitrogens with zero attached hydrogens (tertiary/aromatic N) is 5. The van der Waals surface area contributed by atoms with Gasteiger partial charge in [0.1, 0.15) is 29.0 Å². The van der Waals surface area contributed by atoms with Crippen LogP contribution >= 0.6 is 11.6 Å². The molecule has 0 spiro atoms. The monoisotopic (exact) mass is 415 g/mol. The Morgan fingerprint density at radius 2 is 2.07 bits per heavy atom. The van der Waals surface area contributed by atoms with E-state index in [1.165, 1.54) is 21.9 Å². The number of hydrogen-bond donors (Lipinski definition) is 0. The SMILES string of the molecule is CC(C)(C)OC(=O)N(CCn1c(C#N)c(F)c2ccccc21)c1cc(Cl)ncn1. The first-order chi connectivity index (χ1) is 13.7. The molecule has 29 heavy (non-hydrogen) atoms. The molecule has 3 rings (SSSR count). The van der Waals surface area contributed by atoms with Crippen LogP contribution in [0.4, 0.5) is 15.0 Å². The number of carbonyl (C=O) groups excluding carboxylic acids is 1. The molecule has 0 saturated carbocycles. The minimum atomic E-state index is -0.726. The van der Waals surface area contributed by atoms with E-state index in [1.54, 1.807) is 45.0 Å². The topological polar surface area (TPSA) is 84.0 Å². The molecule has 0 N–H and O–H groups in total. The quantitative estimate of drug-likeness (QED) is 0.584. The molecule has 0 aliphatic heterocycles. The Hall–Kier alpha value is -3.18. The first kappa shape index (κ1) is 20.6. The Labute approximate surface area is 172 Å². The van der Waals surface area contributed by atoms with Gasteiger partial charge in [0.15, 0.2) is 11.5 Å². The maximum absolute atomic E-state index is 14.6. The van der Waals surface area contributed by atoms with Crippen molar-refractivity contribution in [2.45, 2.75) is 32.9 Å². The molecule has 2 aromatic heterocycles. The van der Waals surface area contributed by atoms with Gasteiger partial charge in [-0.15, -0.1) is 0 Å². The zero-order chi connectivity index (χ0) is 21.2. The van der Waals surface area contributed by atoms with E-state index in [1.807, 2.05) is 6.07 Å². The number of ether oxygens (including phenoxy) is 1. The van der Waals surface area contributed by atoms with Crippen LogP contribution in [0.25, 0.3) is 10.9 Å². The van der Waals surface area contributed by atoms with Gasteiger partial charge >= 0.3 is 6.09 Å². The molecule has 0 aliphatic rings. The molecule has 1 amide bonds. The standard InChI is InChI=1S/C20H19ClFN5O2/c1-20(2,3)29-19(28)27(17-10-16(21)24-12-25-17)9-8-26-14-7-5-4-6-13(14)18(22)15(26)11-23/h4-7,10,12H,8-9H2,1-3H3. The highest BCUT2D eigenvalue weighted by Gasteiger charge is 2.26. The molecule has 7 nitrogen and oxygen atoms in total. The minimum Gasteiger partial charge on any atom is -0.443 e. The highest BCUT2D eigenvalue weighted by atomic mass is 35.5. The summed E-state index contributed by atoms with van der Waals surface area (Å²) in [5, 5.41) is 9.94. The van der Waals surface area contributed by atoms with Crippen LogP contribution in [0.3, 0.4) is 0 Å². The molecule has 0 aliphatic carbocycles. The van der Waals surface area contributed by atoms with Crippen LogP contribution in [0, 0.1) is 17.1 Å². The second-order valence-corrected chi connectivity index (χ2v) is 7.66. The lowest BCUT2D eigenvalue weighted by molar-refractivity contribution is 0.0578. The van der Waals surface area contributed by atoms with Gasteiger partial charge in [-0.3, -0.25) is 4.90 Å². The van der Waals surface area contributed by atoms with Crippen molar-refractivity contribution in [1.29, 1.82) is 5.26 Å². The van der Waals surface area contributed by atoms with Crippen LogP contribution < -0.4 is 4.90 Å². The third-order valence-electron chi connectivity index (χ3n) is 4.07. The highest BCUT2D eigenvalue weighted by molar-refractivity contribution is 6.29. The van der Waals surface area contributed by atoms with E-state index in [-0.39, 0.29) is 29.8 Å². The lowest BCUT2D eigenvalue weighted by atomic mass is 10.2. The van der Waals surface area contributed by atoms with Gasteiger partial charge in [0, 0.05) is 24.5 Å². The fourth-order valence-corrected chi connectivity index (χ4v) is 3.03. The normalized spacial score (nSPS) is 11.3. The first-order valence-electron chi connectivity index (χ1n) is 8.86. The third-order valence-corrected chi connectivity index (χ3v) is 4.28. The summed E-state index contributed by atoms with van der Waals surface area (Å²) < 4.78 is 21.6. The van der Waals surface area contributed by atoms with Gasteiger partial charge in [-0.1, -0.05) is 23.7 Å². The smallest absolute Gasteiger partial charge is 0.416 e. The second-order valence-electron chi connectivity index (χ2n) is 7.27. The van der Waals surface area contributed by atoms with Gasteiger partial charge < -0.3 is 9.30 Å². The van der Waals surface area contributed by atoms with Crippen molar-refractivity contribution in [3.63, 3.8) is 0 Å². The van der Waals surface area contributed by atoms with E-state index in [9.17, 15) is 14.4 Å². The Bertz CT molecular complexity index is 1100. The van der Waals surface area contributed by atoms with Crippen molar-refractivity contribution >= 4 is 34.4 Å². The fraction of sp³-hybridized carbons (Fsp3) is 0.300. The van der Waals surface area contributed by atoms with Crippen molar-refractivity contribution in [3.8, 4) is 6.07 Å². The largest absolute Gasteiger partial charge is 0.443 e. The number of nitriles is 1. The average molecular weight is 416 g/mol. The van der Waals surface area contributed by atoms with E-state index in [0.29, 0.717) is 10.9 Å². The summed E-state index contributed by atoms with van der Waals surface area (Å²) in [5.41, 5.74) is -0.265. The van der Waals surface area contributed by atoms with Crippen molar-refractivity contribution in [2.75, 3.05) is 11.4 Å². The first-order valence-corrected chi connectivity index (χ1v) is 9.24. The summed E-state index contributed by atoms with van der Waals surface area (Å²) in [4.78, 5) is 22.0. The van der Waals surface area contributed by atoms with Gasteiger partial charge in [-0.2, -0.15) is 5.26 Å². The van der Waals surface area contributed by atoms with Gasteiger partial charge in [0.2, 0.25) is 0 Å². The molecule has 150 valence electrons. The Balaban J connectivity index is 1.97. The molecule has 9 heteroatoms. The summed E-state index contributed by atoms with van der Waals surface area (Å²) in [7, 11) is 0. The number of carbonyl (C=O) groups is 1. The van der Waals surface area contributed by atoms with E-state index in [2.05, 4.69) is 9.97 Å². The number of para-hydroxylation sites is 1. The molecule has 0 atom stereocenters. The maximum Gasteiger partial charge on any atom is 0.416 e. The zero-order valence-electron chi connectivity index (χ0n) is 16.2. The summed E-state index contributed by atoms with van der Waals surface area (Å²) in [5.74, 6) is -0.341. The number of amides is 1. The average Bonchev–Trinajstić information content (AvgIpc) is 2.92. The van der Waals surface area contributed by atoms with Crippen molar-refractivity contribution < 1.29 is 13.9 Å². The molecule has 1 aromatic carbocycles. The lowest BCUT2D eigenvalue weighted by Crippen LogP contribution is -2.39. The molecule has 0 bridgehead atoms. The second kappa shape index (κ2) is 8.05. The highest BCUT2D eigenvalue weighted by Crippen LogP contribution is 2.25. The summed E-state index contributed by atoms with van der Waals surface area (Å²) in [6.07, 6.45) is 0.600. The Kier molecular flexibility index (Phi) is 5.71. The number of fused-ring (bicyclic) bond motifs is 1. The van der Waals surface area contributed by atoms with Crippen LogP contribution in [0.15, 0.2) is 36.7 Å². The number of rotatable bonds is 4. The van der Waals surface area contributed by atoms with E-state index in [4.69, 9.17) is 16.3 Å². The fourth-order valence-electron chi connectivity index (χ4n) is 2.89. The molecule has 3 aromatic rings. The van der Waals surface area contributed by atoms with E-state index >= 15 is 0 Å². The van der Waals surface area contributed by atoms with Crippen LogP contribution in [0.5, 0.6) is 0 Å². The van der Waals surface area contributed by atoms with Crippen LogP contribution in [0.1, 0.15) is 26.5 Å². The van der Waals surface area contributed by atoms with E-state index in [0.717, 1.165) is 0 Å². The number of anilines is 1. The number of halogens is 2. The van der Waals surface area contributed by atoms with E-state index < -0.39 is 17.5 Å². The summed E-state index contributed by atoms with van der Waals surface area (Å²) in [6, 6.07) is 10.1. The molecule has 0 unspecified atom stereocenters. The molecular formula is C20H19ClFN5O2. The van der Waals surface area contributed by atoms with Crippen molar-refractivity contribution in [1.82, 2.24) is 14.5 Å². The predicted molar refractivity (Wildman–Crippen MR) is 107 cm³/mol. The number of aromatic nitrogens is 3. The summed E-state index contributed by atoms with van der Waals surface area (Å²) >= 11 is 5.95. The number of hydrogen-bond acceptors (Lipinski definition) is 5. The maximum atomic E-state index is 14.6. The van der Waals surface area contributed by atoms with Crippen LogP contribution in [-0.2, 0) is 11.3 Å². The van der Waals surface area contributed by atoms with Crippen LogP contribution in [-0.4, -0.2) is 32.8 Å². The van der Waals surface area contributed by atoms with Crippen molar-refractivity contribution in [3.05, 3.63) is 53.3 Å². The Morgan fingerprint density at radius 1 is 1.34 bits per heavy atom. The lowest BCUT2D eigenvalue weighted by Gasteiger charge is -2.27. The van der Waals surface area contributed by atoms with Gasteiger partial charge in [0.05, 0.1) is 5.52 Å². The van der Waals surface area contributed by atoms with Gasteiger partial charge in [-0.25, -0.2) is 19.2 Å². The van der Waals surface area contributed by atoms with Gasteiger partial charge in [-0.05, 0) is 32.9 Å². The van der Waals surface area contributed by atoms with Crippen molar-refractivity contribution in [2.24, 2.45) is 0 Å². The Morgan fingerprint density at radius 3 is 2.72 bits per heavy atom. The minimum absolute atomic E-state index is 0.0784. The molecule has 0 saturated heterocycles. The molecule has 0 fully saturated rings. The summed E-state index contributed by atoms with van der Waals surface area (Å²) in [6.45, 7) is 5.47. The third kappa shape index (κ3) is 4.46.